The van der Waals surface area contributed by atoms with E-state index in [1.165, 1.54) is 37.6 Å². The zero-order valence-electron chi connectivity index (χ0n) is 20.9. The number of aromatic nitrogens is 4. The van der Waals surface area contributed by atoms with Crippen LogP contribution in [0.2, 0.25) is 5.02 Å². The molecule has 186 valence electrons. The van der Waals surface area contributed by atoms with E-state index >= 15 is 0 Å². The number of aryl methyl sites for hydroxylation is 1. The Labute approximate surface area is 222 Å². The minimum absolute atomic E-state index is 0.373. The van der Waals surface area contributed by atoms with Gasteiger partial charge in [-0.25, -0.2) is 15.0 Å². The van der Waals surface area contributed by atoms with Crippen LogP contribution in [0, 0.1) is 6.92 Å². The lowest BCUT2D eigenvalue weighted by molar-refractivity contribution is 0.306. The fourth-order valence-electron chi connectivity index (χ4n) is 5.28. The van der Waals surface area contributed by atoms with Gasteiger partial charge in [0.2, 0.25) is 0 Å². The third-order valence-corrected chi connectivity index (χ3v) is 7.40. The quantitative estimate of drug-likeness (QED) is 0.232. The molecule has 5 aromatic rings. The summed E-state index contributed by atoms with van der Waals surface area (Å²) < 4.78 is 8.65. The predicted molar refractivity (Wildman–Crippen MR) is 149 cm³/mol. The van der Waals surface area contributed by atoms with Crippen LogP contribution in [-0.4, -0.2) is 19.5 Å². The van der Waals surface area contributed by atoms with E-state index in [0.29, 0.717) is 17.7 Å². The number of para-hydroxylation sites is 2. The summed E-state index contributed by atoms with van der Waals surface area (Å²) in [5.74, 6) is 2.56. The zero-order chi connectivity index (χ0) is 25.2. The molecule has 2 heterocycles. The van der Waals surface area contributed by atoms with Crippen LogP contribution in [0.25, 0.3) is 33.7 Å². The first-order chi connectivity index (χ1) is 18.2. The third kappa shape index (κ3) is 4.96. The van der Waals surface area contributed by atoms with Crippen molar-refractivity contribution in [2.75, 3.05) is 0 Å². The topological polar surface area (TPSA) is 52.8 Å². The van der Waals surface area contributed by atoms with Gasteiger partial charge in [0.15, 0.2) is 0 Å². The van der Waals surface area contributed by atoms with Crippen LogP contribution in [0.15, 0.2) is 79.0 Å². The molecule has 0 N–H and O–H groups in total. The Morgan fingerprint density at radius 2 is 1.59 bits per heavy atom. The highest BCUT2D eigenvalue weighted by molar-refractivity contribution is 6.30. The Balaban J connectivity index is 1.26. The second-order valence-corrected chi connectivity index (χ2v) is 10.1. The first-order valence-electron chi connectivity index (χ1n) is 12.9. The Morgan fingerprint density at radius 3 is 2.38 bits per heavy atom. The third-order valence-electron chi connectivity index (χ3n) is 7.15. The minimum atomic E-state index is 0.373. The molecule has 0 bridgehead atoms. The van der Waals surface area contributed by atoms with Crippen molar-refractivity contribution in [1.29, 1.82) is 0 Å². The normalized spacial score (nSPS) is 14.2. The molecule has 0 saturated heterocycles. The van der Waals surface area contributed by atoms with E-state index in [4.69, 9.17) is 21.3 Å². The maximum atomic E-state index is 6.18. The van der Waals surface area contributed by atoms with Gasteiger partial charge in [-0.1, -0.05) is 55.1 Å². The number of halogens is 1. The van der Waals surface area contributed by atoms with Gasteiger partial charge in [-0.2, -0.15) is 0 Å². The summed E-state index contributed by atoms with van der Waals surface area (Å²) in [6.07, 6.45) is 8.16. The molecule has 1 aliphatic carbocycles. The number of fused-ring (bicyclic) bond motifs is 1. The number of rotatable bonds is 6. The summed E-state index contributed by atoms with van der Waals surface area (Å²) in [4.78, 5) is 14.1. The van der Waals surface area contributed by atoms with Crippen molar-refractivity contribution in [3.8, 4) is 28.4 Å². The molecule has 0 aliphatic heterocycles. The molecule has 1 fully saturated rings. The maximum absolute atomic E-state index is 6.18. The summed E-state index contributed by atoms with van der Waals surface area (Å²) >= 11 is 6.08. The summed E-state index contributed by atoms with van der Waals surface area (Å²) in [6, 6.07) is 24.9. The molecule has 0 atom stereocenters. The lowest BCUT2D eigenvalue weighted by Gasteiger charge is -2.25. The molecular formula is C31H29ClN4O. The molecular weight excluding hydrogens is 480 g/mol. The molecule has 0 unspecified atom stereocenters. The number of imidazole rings is 1. The molecule has 1 aliphatic rings. The molecule has 37 heavy (non-hydrogen) atoms. The molecule has 2 aromatic heterocycles. The van der Waals surface area contributed by atoms with Gasteiger partial charge in [-0.15, -0.1) is 0 Å². The van der Waals surface area contributed by atoms with Crippen molar-refractivity contribution in [3.63, 3.8) is 0 Å². The van der Waals surface area contributed by atoms with Crippen LogP contribution in [0.5, 0.6) is 5.75 Å². The number of benzene rings is 3. The van der Waals surface area contributed by atoms with Gasteiger partial charge in [-0.3, -0.25) is 0 Å². The first kappa shape index (κ1) is 23.7. The van der Waals surface area contributed by atoms with Gasteiger partial charge in [0.05, 0.1) is 16.7 Å². The standard InChI is InChI=1S/C31H29ClN4O/c1-21-33-19-24(30(34-21)22-11-15-25(32)16-12-22)20-37-27-17-13-23(14-18-27)31-35-28-9-5-6-10-29(28)36(31)26-7-3-2-4-8-26/h5-6,9-19,26H,2-4,7-8,20H2,1H3. The smallest absolute Gasteiger partial charge is 0.141 e. The molecule has 0 spiro atoms. The van der Waals surface area contributed by atoms with E-state index in [1.807, 2.05) is 49.5 Å². The van der Waals surface area contributed by atoms with Crippen LogP contribution in [0.4, 0.5) is 0 Å². The van der Waals surface area contributed by atoms with Crippen LogP contribution in [0.3, 0.4) is 0 Å². The highest BCUT2D eigenvalue weighted by atomic mass is 35.5. The minimum Gasteiger partial charge on any atom is -0.489 e. The van der Waals surface area contributed by atoms with Gasteiger partial charge in [-0.05, 0) is 68.3 Å². The maximum Gasteiger partial charge on any atom is 0.141 e. The largest absolute Gasteiger partial charge is 0.489 e. The van der Waals surface area contributed by atoms with Gasteiger partial charge in [0.25, 0.3) is 0 Å². The van der Waals surface area contributed by atoms with E-state index < -0.39 is 0 Å². The van der Waals surface area contributed by atoms with Crippen molar-refractivity contribution in [2.24, 2.45) is 0 Å². The molecule has 5 nitrogen and oxygen atoms in total. The van der Waals surface area contributed by atoms with Gasteiger partial charge < -0.3 is 9.30 Å². The Kier molecular flexibility index (Phi) is 6.62. The van der Waals surface area contributed by atoms with Crippen molar-refractivity contribution >= 4 is 22.6 Å². The summed E-state index contributed by atoms with van der Waals surface area (Å²) in [7, 11) is 0. The van der Waals surface area contributed by atoms with Crippen molar-refractivity contribution < 1.29 is 4.74 Å². The van der Waals surface area contributed by atoms with Gasteiger partial charge in [0, 0.05) is 34.0 Å². The van der Waals surface area contributed by atoms with E-state index in [9.17, 15) is 0 Å². The Morgan fingerprint density at radius 1 is 0.865 bits per heavy atom. The van der Waals surface area contributed by atoms with E-state index in [0.717, 1.165) is 45.3 Å². The average molecular weight is 509 g/mol. The van der Waals surface area contributed by atoms with Crippen LogP contribution < -0.4 is 4.74 Å². The SMILES string of the molecule is Cc1ncc(COc2ccc(-c3nc4ccccc4n3C3CCCCC3)cc2)c(-c2ccc(Cl)cc2)n1. The zero-order valence-corrected chi connectivity index (χ0v) is 21.7. The second-order valence-electron chi connectivity index (χ2n) is 9.70. The highest BCUT2D eigenvalue weighted by Crippen LogP contribution is 2.36. The van der Waals surface area contributed by atoms with E-state index in [-0.39, 0.29) is 0 Å². The summed E-state index contributed by atoms with van der Waals surface area (Å²) in [5, 5.41) is 0.699. The fraction of sp³-hybridized carbons (Fsp3) is 0.258. The van der Waals surface area contributed by atoms with Crippen LogP contribution in [-0.2, 0) is 6.61 Å². The highest BCUT2D eigenvalue weighted by Gasteiger charge is 2.22. The van der Waals surface area contributed by atoms with Crippen molar-refractivity contribution in [2.45, 2.75) is 51.7 Å². The second kappa shape index (κ2) is 10.3. The predicted octanol–water partition coefficient (Wildman–Crippen LogP) is 8.21. The van der Waals surface area contributed by atoms with E-state index in [1.54, 1.807) is 0 Å². The monoisotopic (exact) mass is 508 g/mol. The molecule has 6 heteroatoms. The molecule has 1 saturated carbocycles. The molecule has 0 radical (unpaired) electrons. The molecule has 0 amide bonds. The Bertz CT molecular complexity index is 1520. The first-order valence-corrected chi connectivity index (χ1v) is 13.3. The average Bonchev–Trinajstić information content (AvgIpc) is 3.33. The Hall–Kier alpha value is -3.70. The number of ether oxygens (including phenoxy) is 1. The van der Waals surface area contributed by atoms with Gasteiger partial charge >= 0.3 is 0 Å². The molecule has 6 rings (SSSR count). The summed E-state index contributed by atoms with van der Waals surface area (Å²) in [6.45, 7) is 2.27. The lowest BCUT2D eigenvalue weighted by atomic mass is 9.95. The van der Waals surface area contributed by atoms with E-state index in [2.05, 4.69) is 50.9 Å². The van der Waals surface area contributed by atoms with Crippen molar-refractivity contribution in [1.82, 2.24) is 19.5 Å². The molecule has 3 aromatic carbocycles. The van der Waals surface area contributed by atoms with Crippen LogP contribution in [0.1, 0.15) is 49.5 Å². The number of hydrogen-bond donors (Lipinski definition) is 0. The fourth-order valence-corrected chi connectivity index (χ4v) is 5.40. The number of nitrogens with zero attached hydrogens (tertiary/aromatic N) is 4. The van der Waals surface area contributed by atoms with Gasteiger partial charge in [0.1, 0.15) is 24.0 Å². The van der Waals surface area contributed by atoms with Crippen LogP contribution >= 0.6 is 11.6 Å². The number of hydrogen-bond acceptors (Lipinski definition) is 4. The summed E-state index contributed by atoms with van der Waals surface area (Å²) in [5.41, 5.74) is 6.16. The van der Waals surface area contributed by atoms with Crippen molar-refractivity contribution in [3.05, 3.63) is 95.4 Å². The lowest BCUT2D eigenvalue weighted by Crippen LogP contribution is -2.13.